The Morgan fingerprint density at radius 1 is 1.24 bits per heavy atom. The third-order valence-electron chi connectivity index (χ3n) is 4.43. The van der Waals surface area contributed by atoms with Gasteiger partial charge in [0.2, 0.25) is 11.9 Å². The third kappa shape index (κ3) is 4.22. The molecule has 1 aromatic heterocycles. The van der Waals surface area contributed by atoms with Crippen LogP contribution in [0.4, 0.5) is 5.95 Å². The molecule has 1 aromatic carbocycles. The van der Waals surface area contributed by atoms with E-state index in [9.17, 15) is 4.79 Å². The molecular weight excluding hydrogens is 316 g/mol. The van der Waals surface area contributed by atoms with E-state index in [4.69, 9.17) is 4.74 Å². The molecule has 1 aliphatic rings. The van der Waals surface area contributed by atoms with Crippen LogP contribution in [0.1, 0.15) is 18.9 Å². The average Bonchev–Trinajstić information content (AvgIpc) is 2.68. The lowest BCUT2D eigenvalue weighted by Gasteiger charge is -2.30. The molecule has 0 spiro atoms. The first kappa shape index (κ1) is 17.1. The van der Waals surface area contributed by atoms with Gasteiger partial charge in [-0.25, -0.2) is 9.97 Å². The Hall–Kier alpha value is -2.73. The second kappa shape index (κ2) is 7.90. The van der Waals surface area contributed by atoms with E-state index < -0.39 is 0 Å². The van der Waals surface area contributed by atoms with Gasteiger partial charge in [-0.3, -0.25) is 15.0 Å². The molecule has 2 heterocycles. The van der Waals surface area contributed by atoms with E-state index in [0.717, 1.165) is 25.3 Å². The summed E-state index contributed by atoms with van der Waals surface area (Å²) < 4.78 is 5.20. The van der Waals surface area contributed by atoms with Crippen LogP contribution in [0.25, 0.3) is 5.57 Å². The number of carbonyl (C=O) groups excluding carboxylic acids is 1. The van der Waals surface area contributed by atoms with Crippen LogP contribution in [-0.2, 0) is 4.79 Å². The fraction of sp³-hybridized carbons (Fsp3) is 0.316. The molecule has 25 heavy (non-hydrogen) atoms. The Morgan fingerprint density at radius 2 is 1.96 bits per heavy atom. The molecule has 1 N–H and O–H groups in total. The summed E-state index contributed by atoms with van der Waals surface area (Å²) in [6.45, 7) is 3.48. The monoisotopic (exact) mass is 338 g/mol. The highest BCUT2D eigenvalue weighted by molar-refractivity contribution is 5.93. The molecular formula is C19H22N4O2. The molecule has 3 rings (SSSR count). The predicted octanol–water partition coefficient (Wildman–Crippen LogP) is 2.60. The Morgan fingerprint density at radius 3 is 2.56 bits per heavy atom. The fourth-order valence-electron chi connectivity index (χ4n) is 2.85. The van der Waals surface area contributed by atoms with E-state index >= 15 is 0 Å². The van der Waals surface area contributed by atoms with E-state index in [0.29, 0.717) is 5.95 Å². The van der Waals surface area contributed by atoms with Crippen LogP contribution in [0.15, 0.2) is 48.8 Å². The van der Waals surface area contributed by atoms with Crippen molar-refractivity contribution in [3.05, 3.63) is 54.4 Å². The van der Waals surface area contributed by atoms with Gasteiger partial charge in [-0.05, 0) is 42.7 Å². The van der Waals surface area contributed by atoms with Crippen LogP contribution in [0.3, 0.4) is 0 Å². The van der Waals surface area contributed by atoms with E-state index in [-0.39, 0.29) is 11.9 Å². The first-order chi connectivity index (χ1) is 12.2. The zero-order valence-corrected chi connectivity index (χ0v) is 14.5. The van der Waals surface area contributed by atoms with Crippen LogP contribution in [0.2, 0.25) is 0 Å². The molecule has 0 aliphatic carbocycles. The Labute approximate surface area is 147 Å². The Bertz CT molecular complexity index is 744. The number of rotatable bonds is 5. The fourth-order valence-corrected chi connectivity index (χ4v) is 2.85. The van der Waals surface area contributed by atoms with Crippen molar-refractivity contribution in [1.29, 1.82) is 0 Å². The smallest absolute Gasteiger partial charge is 0.243 e. The number of benzene rings is 1. The lowest BCUT2D eigenvalue weighted by atomic mass is 9.98. The van der Waals surface area contributed by atoms with Crippen LogP contribution in [0, 0.1) is 0 Å². The van der Waals surface area contributed by atoms with Crippen LogP contribution < -0.4 is 10.1 Å². The van der Waals surface area contributed by atoms with E-state index in [2.05, 4.69) is 38.4 Å². The van der Waals surface area contributed by atoms with Crippen molar-refractivity contribution in [2.75, 3.05) is 25.5 Å². The summed E-state index contributed by atoms with van der Waals surface area (Å²) in [4.78, 5) is 22.6. The maximum Gasteiger partial charge on any atom is 0.243 e. The number of hydrogen-bond acceptors (Lipinski definition) is 5. The number of ether oxygens (including phenoxy) is 1. The third-order valence-corrected chi connectivity index (χ3v) is 4.43. The summed E-state index contributed by atoms with van der Waals surface area (Å²) in [6, 6.07) is 9.57. The zero-order valence-electron chi connectivity index (χ0n) is 14.5. The van der Waals surface area contributed by atoms with Crippen molar-refractivity contribution in [3.63, 3.8) is 0 Å². The minimum atomic E-state index is -0.238. The van der Waals surface area contributed by atoms with Crippen molar-refractivity contribution in [1.82, 2.24) is 14.9 Å². The predicted molar refractivity (Wildman–Crippen MR) is 97.3 cm³/mol. The number of carbonyl (C=O) groups is 1. The van der Waals surface area contributed by atoms with Gasteiger partial charge in [0.05, 0.1) is 13.2 Å². The van der Waals surface area contributed by atoms with Crippen molar-refractivity contribution >= 4 is 17.4 Å². The highest BCUT2D eigenvalue weighted by Crippen LogP contribution is 2.25. The number of nitrogens with one attached hydrogen (secondary N) is 1. The SMILES string of the molecule is COc1ccc(C2=CCN([C@H](C)C(=O)Nc3ncccn3)CC2)cc1. The molecule has 0 saturated heterocycles. The molecule has 0 radical (unpaired) electrons. The van der Waals surface area contributed by atoms with Crippen molar-refractivity contribution in [3.8, 4) is 5.75 Å². The molecule has 2 aromatic rings. The number of nitrogens with zero attached hydrogens (tertiary/aromatic N) is 3. The van der Waals surface area contributed by atoms with Gasteiger partial charge >= 0.3 is 0 Å². The lowest BCUT2D eigenvalue weighted by molar-refractivity contribution is -0.120. The van der Waals surface area contributed by atoms with Gasteiger partial charge in [0.15, 0.2) is 0 Å². The molecule has 1 amide bonds. The molecule has 130 valence electrons. The van der Waals surface area contributed by atoms with Gasteiger partial charge in [0, 0.05) is 25.5 Å². The second-order valence-corrected chi connectivity index (χ2v) is 5.94. The first-order valence-corrected chi connectivity index (χ1v) is 8.33. The molecule has 0 bridgehead atoms. The molecule has 1 aliphatic heterocycles. The number of amides is 1. The van der Waals surface area contributed by atoms with Crippen LogP contribution >= 0.6 is 0 Å². The van der Waals surface area contributed by atoms with Crippen molar-refractivity contribution < 1.29 is 9.53 Å². The minimum Gasteiger partial charge on any atom is -0.497 e. The van der Waals surface area contributed by atoms with Gasteiger partial charge in [-0.1, -0.05) is 18.2 Å². The summed E-state index contributed by atoms with van der Waals surface area (Å²) >= 11 is 0. The van der Waals surface area contributed by atoms with Crippen molar-refractivity contribution in [2.24, 2.45) is 0 Å². The average molecular weight is 338 g/mol. The summed E-state index contributed by atoms with van der Waals surface area (Å²) in [7, 11) is 1.67. The van der Waals surface area contributed by atoms with Gasteiger partial charge < -0.3 is 4.74 Å². The number of methoxy groups -OCH3 is 1. The van der Waals surface area contributed by atoms with Gasteiger partial charge in [0.1, 0.15) is 5.75 Å². The molecule has 0 fully saturated rings. The number of anilines is 1. The minimum absolute atomic E-state index is 0.0903. The zero-order chi connectivity index (χ0) is 17.6. The van der Waals surface area contributed by atoms with E-state index in [1.165, 1.54) is 11.1 Å². The topological polar surface area (TPSA) is 67.3 Å². The maximum absolute atomic E-state index is 12.4. The Balaban J connectivity index is 1.60. The van der Waals surface area contributed by atoms with Gasteiger partial charge in [-0.15, -0.1) is 0 Å². The highest BCUT2D eigenvalue weighted by Gasteiger charge is 2.24. The maximum atomic E-state index is 12.4. The molecule has 0 unspecified atom stereocenters. The number of hydrogen-bond donors (Lipinski definition) is 1. The summed E-state index contributed by atoms with van der Waals surface area (Å²) in [5.41, 5.74) is 2.51. The molecule has 6 heteroatoms. The van der Waals surface area contributed by atoms with Gasteiger partial charge in [-0.2, -0.15) is 0 Å². The summed E-state index contributed by atoms with van der Waals surface area (Å²) in [5.74, 6) is 1.11. The van der Waals surface area contributed by atoms with E-state index in [1.54, 1.807) is 25.6 Å². The van der Waals surface area contributed by atoms with Crippen LogP contribution in [-0.4, -0.2) is 47.0 Å². The standard InChI is InChI=1S/C19H22N4O2/c1-14(18(24)22-19-20-10-3-11-21-19)23-12-8-16(9-13-23)15-4-6-17(25-2)7-5-15/h3-8,10-11,14H,9,12-13H2,1-2H3,(H,20,21,22,24)/t14-/m1/s1. The summed E-state index contributed by atoms with van der Waals surface area (Å²) in [6.07, 6.45) is 6.32. The quantitative estimate of drug-likeness (QED) is 0.908. The highest BCUT2D eigenvalue weighted by atomic mass is 16.5. The van der Waals surface area contributed by atoms with Gasteiger partial charge in [0.25, 0.3) is 0 Å². The summed E-state index contributed by atoms with van der Waals surface area (Å²) in [5, 5.41) is 2.76. The van der Waals surface area contributed by atoms with Crippen LogP contribution in [0.5, 0.6) is 5.75 Å². The second-order valence-electron chi connectivity index (χ2n) is 5.94. The molecule has 1 atom stereocenters. The number of aromatic nitrogens is 2. The largest absolute Gasteiger partial charge is 0.497 e. The Kier molecular flexibility index (Phi) is 5.40. The molecule has 0 saturated carbocycles. The normalized spacial score (nSPS) is 16.0. The van der Waals surface area contributed by atoms with E-state index in [1.807, 2.05) is 19.1 Å². The molecule has 6 nitrogen and oxygen atoms in total. The lowest BCUT2D eigenvalue weighted by Crippen LogP contribution is -2.44. The first-order valence-electron chi connectivity index (χ1n) is 8.33. The van der Waals surface area contributed by atoms with Crippen molar-refractivity contribution in [2.45, 2.75) is 19.4 Å².